The van der Waals surface area contributed by atoms with Gasteiger partial charge in [-0.15, -0.1) is 0 Å². The van der Waals surface area contributed by atoms with Gasteiger partial charge in [0.05, 0.1) is 0 Å². The van der Waals surface area contributed by atoms with E-state index in [0.717, 1.165) is 0 Å². The minimum absolute atomic E-state index is 0. The van der Waals surface area contributed by atoms with Crippen LogP contribution in [-0.4, -0.2) is 112 Å². The van der Waals surface area contributed by atoms with Crippen molar-refractivity contribution in [2.75, 3.05) is 18.9 Å². The van der Waals surface area contributed by atoms with Crippen LogP contribution in [0.1, 0.15) is 0 Å². The molecule has 0 aliphatic heterocycles. The molecular formula is C3H12NNa2O9P3. The van der Waals surface area contributed by atoms with Crippen LogP contribution >= 0.6 is 22.8 Å². The molecule has 2 radical (unpaired) electrons. The summed E-state index contributed by atoms with van der Waals surface area (Å²) in [5.41, 5.74) is 0. The van der Waals surface area contributed by atoms with Gasteiger partial charge in [-0.3, -0.25) is 18.6 Å². The third kappa shape index (κ3) is 18.4. The fourth-order valence-electron chi connectivity index (χ4n) is 0.916. The summed E-state index contributed by atoms with van der Waals surface area (Å²) in [5.74, 6) is 0. The normalized spacial score (nSPS) is 12.8. The van der Waals surface area contributed by atoms with Gasteiger partial charge in [0.15, 0.2) is 0 Å². The maximum absolute atomic E-state index is 10.6. The Kier molecular flexibility index (Phi) is 13.3. The Morgan fingerprint density at radius 2 is 0.778 bits per heavy atom. The summed E-state index contributed by atoms with van der Waals surface area (Å²) in [6.45, 7) is 0. The average Bonchev–Trinajstić information content (AvgIpc) is 1.70. The Morgan fingerprint density at radius 1 is 0.611 bits per heavy atom. The van der Waals surface area contributed by atoms with Crippen molar-refractivity contribution < 1.29 is 43.1 Å². The van der Waals surface area contributed by atoms with E-state index >= 15 is 0 Å². The van der Waals surface area contributed by atoms with Crippen LogP contribution in [0, 0.1) is 0 Å². The smallest absolute Gasteiger partial charge is 0.324 e. The van der Waals surface area contributed by atoms with E-state index in [1.54, 1.807) is 0 Å². The Morgan fingerprint density at radius 3 is 0.889 bits per heavy atom. The zero-order valence-corrected chi connectivity index (χ0v) is 16.5. The van der Waals surface area contributed by atoms with Crippen LogP contribution in [0.15, 0.2) is 0 Å². The molecule has 0 unspecified atom stereocenters. The van der Waals surface area contributed by atoms with Crippen LogP contribution in [0.4, 0.5) is 0 Å². The number of hydrogen-bond acceptors (Lipinski definition) is 4. The van der Waals surface area contributed by atoms with E-state index in [1.165, 1.54) is 0 Å². The summed E-state index contributed by atoms with van der Waals surface area (Å²) in [6.07, 6.45) is -3.41. The van der Waals surface area contributed by atoms with Gasteiger partial charge in [0, 0.05) is 59.1 Å². The largest absolute Gasteiger partial charge is 0.339 e. The number of nitrogens with zero attached hydrogens (tertiary/aromatic N) is 1. The second-order valence-electron chi connectivity index (χ2n) is 3.09. The summed E-state index contributed by atoms with van der Waals surface area (Å²) in [5, 5.41) is 0. The maximum Gasteiger partial charge on any atom is 0.339 e. The topological polar surface area (TPSA) is 176 Å². The van der Waals surface area contributed by atoms with E-state index in [4.69, 9.17) is 29.4 Å². The molecule has 0 aliphatic carbocycles. The van der Waals surface area contributed by atoms with Crippen molar-refractivity contribution >= 4 is 81.9 Å². The Hall–Kier alpha value is 2.41. The van der Waals surface area contributed by atoms with Crippen LogP contribution in [0.3, 0.4) is 0 Å². The van der Waals surface area contributed by atoms with E-state index in [2.05, 4.69) is 0 Å². The van der Waals surface area contributed by atoms with Crippen LogP contribution in [0.25, 0.3) is 0 Å². The molecule has 100 valence electrons. The second-order valence-corrected chi connectivity index (χ2v) is 7.93. The van der Waals surface area contributed by atoms with E-state index in [-0.39, 0.29) is 59.1 Å². The molecule has 15 heteroatoms. The molecule has 6 N–H and O–H groups in total. The van der Waals surface area contributed by atoms with Crippen molar-refractivity contribution in [2.24, 2.45) is 0 Å². The average molecular weight is 345 g/mol. The van der Waals surface area contributed by atoms with E-state index in [1.807, 2.05) is 0 Å². The van der Waals surface area contributed by atoms with Gasteiger partial charge in [0.25, 0.3) is 0 Å². The molecule has 0 fully saturated rings. The van der Waals surface area contributed by atoms with E-state index in [9.17, 15) is 13.7 Å². The van der Waals surface area contributed by atoms with Gasteiger partial charge in [-0.05, 0) is 0 Å². The molecule has 0 aromatic rings. The van der Waals surface area contributed by atoms with Crippen molar-refractivity contribution in [2.45, 2.75) is 0 Å². The van der Waals surface area contributed by atoms with Crippen molar-refractivity contribution in [3.63, 3.8) is 0 Å². The second kappa shape index (κ2) is 9.43. The van der Waals surface area contributed by atoms with Crippen molar-refractivity contribution in [1.29, 1.82) is 0 Å². The van der Waals surface area contributed by atoms with Gasteiger partial charge in [-0.2, -0.15) is 0 Å². The fourth-order valence-corrected chi connectivity index (χ4v) is 3.55. The predicted molar refractivity (Wildman–Crippen MR) is 64.1 cm³/mol. The first-order valence-corrected chi connectivity index (χ1v) is 9.04. The molecule has 10 nitrogen and oxygen atoms in total. The summed E-state index contributed by atoms with van der Waals surface area (Å²) in [7, 11) is -14.0. The summed E-state index contributed by atoms with van der Waals surface area (Å²) < 4.78 is 31.7. The minimum atomic E-state index is -4.65. The summed E-state index contributed by atoms with van der Waals surface area (Å²) in [6, 6.07) is 0. The van der Waals surface area contributed by atoms with Crippen LogP contribution < -0.4 is 0 Å². The van der Waals surface area contributed by atoms with Crippen LogP contribution in [0.5, 0.6) is 0 Å². The molecule has 0 aromatic carbocycles. The van der Waals surface area contributed by atoms with Gasteiger partial charge in [0.2, 0.25) is 0 Å². The molecule has 0 atom stereocenters. The zero-order chi connectivity index (χ0) is 13.2. The predicted octanol–water partition coefficient (Wildman–Crippen LogP) is -2.07. The Bertz CT molecular complexity index is 314. The Labute approximate surface area is 147 Å². The van der Waals surface area contributed by atoms with Gasteiger partial charge in [-0.1, -0.05) is 0 Å². The first kappa shape index (κ1) is 25.4. The van der Waals surface area contributed by atoms with Crippen LogP contribution in [0.2, 0.25) is 0 Å². The van der Waals surface area contributed by atoms with E-state index < -0.39 is 41.6 Å². The minimum Gasteiger partial charge on any atom is -0.324 e. The molecule has 0 amide bonds. The molecular weight excluding hydrogens is 333 g/mol. The van der Waals surface area contributed by atoms with Crippen molar-refractivity contribution in [3.8, 4) is 0 Å². The standard InChI is InChI=1S/C3H12NO9P3.2Na/c5-14(6,7)1-4(2-15(8,9)10)3-16(11,12)13;;/h1-3H2,(H2,5,6,7)(H2,8,9,10)(H2,11,12,13);;. The number of hydrogen-bond donors (Lipinski definition) is 6. The van der Waals surface area contributed by atoms with Gasteiger partial charge in [-0.25, -0.2) is 0 Å². The number of rotatable bonds is 6. The zero-order valence-electron chi connectivity index (χ0n) is 9.82. The Balaban J connectivity index is -0.00000112. The van der Waals surface area contributed by atoms with Gasteiger partial charge < -0.3 is 29.4 Å². The van der Waals surface area contributed by atoms with Crippen molar-refractivity contribution in [3.05, 3.63) is 0 Å². The summed E-state index contributed by atoms with van der Waals surface area (Å²) >= 11 is 0. The molecule has 0 aliphatic rings. The first-order valence-electron chi connectivity index (χ1n) is 3.65. The molecule has 0 saturated carbocycles. The SMILES string of the molecule is O=P(O)(O)CN(CP(=O)(O)O)CP(=O)(O)O.[Na].[Na]. The summed E-state index contributed by atoms with van der Waals surface area (Å²) in [4.78, 5) is 51.6. The van der Waals surface area contributed by atoms with Crippen molar-refractivity contribution in [1.82, 2.24) is 4.90 Å². The fraction of sp³-hybridized carbons (Fsp3) is 1.00. The van der Waals surface area contributed by atoms with Crippen LogP contribution in [-0.2, 0) is 13.7 Å². The third-order valence-electron chi connectivity index (χ3n) is 1.15. The van der Waals surface area contributed by atoms with Gasteiger partial charge in [0.1, 0.15) is 18.9 Å². The molecule has 18 heavy (non-hydrogen) atoms. The first-order chi connectivity index (χ1) is 6.79. The quantitative estimate of drug-likeness (QED) is 0.232. The molecule has 0 saturated heterocycles. The molecule has 0 heterocycles. The molecule has 0 spiro atoms. The third-order valence-corrected chi connectivity index (χ3v) is 3.46. The molecule has 0 bridgehead atoms. The monoisotopic (exact) mass is 345 g/mol. The maximum atomic E-state index is 10.6. The van der Waals surface area contributed by atoms with E-state index in [0.29, 0.717) is 4.90 Å². The molecule has 0 rings (SSSR count). The molecule has 0 aromatic heterocycles. The van der Waals surface area contributed by atoms with Gasteiger partial charge >= 0.3 is 22.8 Å².